The monoisotopic (exact) mass is 626 g/mol. The van der Waals surface area contributed by atoms with Crippen molar-refractivity contribution < 1.29 is 14.6 Å². The van der Waals surface area contributed by atoms with Crippen molar-refractivity contribution in [2.75, 3.05) is 13.7 Å². The summed E-state index contributed by atoms with van der Waals surface area (Å²) in [5, 5.41) is 12.8. The third-order valence-corrected chi connectivity index (χ3v) is 11.3. The number of benzene rings is 1. The molecule has 2 aromatic heterocycles. The Balaban J connectivity index is 1.19. The zero-order valence-corrected chi connectivity index (χ0v) is 25.9. The first-order valence-electron chi connectivity index (χ1n) is 14.5. The molecule has 3 atom stereocenters. The van der Waals surface area contributed by atoms with E-state index in [1.807, 2.05) is 36.3 Å². The van der Waals surface area contributed by atoms with E-state index in [1.165, 1.54) is 59.9 Å². The number of methoxy groups -OCH3 is 1. The van der Waals surface area contributed by atoms with E-state index in [4.69, 9.17) is 9.72 Å². The minimum atomic E-state index is -1.18. The molecular weight excluding hydrogens is 588 g/mol. The molecule has 0 bridgehead atoms. The molecule has 1 spiro atoms. The van der Waals surface area contributed by atoms with Gasteiger partial charge < -0.3 is 19.7 Å². The molecule has 9 heteroatoms. The molecule has 1 saturated heterocycles. The summed E-state index contributed by atoms with van der Waals surface area (Å²) in [6.45, 7) is 4.60. The molecule has 7 nitrogen and oxygen atoms in total. The number of halogens is 1. The number of aromatic amines is 1. The highest BCUT2D eigenvalue weighted by Gasteiger charge is 2.42. The van der Waals surface area contributed by atoms with Gasteiger partial charge in [-0.2, -0.15) is 0 Å². The molecule has 3 aliphatic rings. The fraction of sp³-hybridized carbons (Fsp3) is 0.548. The Morgan fingerprint density at radius 2 is 1.88 bits per heavy atom. The van der Waals surface area contributed by atoms with Crippen LogP contribution in [0.25, 0.3) is 21.7 Å². The highest BCUT2D eigenvalue weighted by Crippen LogP contribution is 2.55. The second-order valence-corrected chi connectivity index (χ2v) is 14.5. The van der Waals surface area contributed by atoms with Gasteiger partial charge in [0.05, 0.1) is 27.8 Å². The molecule has 1 aliphatic heterocycles. The average molecular weight is 628 g/mol. The molecule has 1 saturated carbocycles. The number of carbonyl (C=O) groups is 1. The van der Waals surface area contributed by atoms with Crippen LogP contribution in [0.2, 0.25) is 0 Å². The van der Waals surface area contributed by atoms with Crippen LogP contribution >= 0.6 is 27.3 Å². The van der Waals surface area contributed by atoms with Crippen molar-refractivity contribution in [2.45, 2.75) is 83.7 Å². The number of aliphatic hydroxyl groups is 1. The number of imidazole rings is 1. The van der Waals surface area contributed by atoms with Crippen LogP contribution in [0.1, 0.15) is 75.4 Å². The van der Waals surface area contributed by atoms with Gasteiger partial charge in [0, 0.05) is 18.5 Å². The van der Waals surface area contributed by atoms with Crippen molar-refractivity contribution in [3.8, 4) is 21.7 Å². The first-order valence-corrected chi connectivity index (χ1v) is 16.1. The van der Waals surface area contributed by atoms with E-state index in [-0.39, 0.29) is 17.9 Å². The second-order valence-electron chi connectivity index (χ2n) is 12.1. The molecule has 3 aromatic rings. The first-order chi connectivity index (χ1) is 19.3. The Kier molecular flexibility index (Phi) is 7.96. The normalized spacial score (nSPS) is 21.4. The lowest BCUT2D eigenvalue weighted by Gasteiger charge is -2.31. The molecule has 1 amide bonds. The smallest absolute Gasteiger partial charge is 0.240 e. The quantitative estimate of drug-likeness (QED) is 0.251. The van der Waals surface area contributed by atoms with E-state index in [9.17, 15) is 9.90 Å². The fourth-order valence-electron chi connectivity index (χ4n) is 7.07. The number of likely N-dealkylation sites (tertiary alicyclic amines) is 1. The summed E-state index contributed by atoms with van der Waals surface area (Å²) in [4.78, 5) is 25.0. The highest BCUT2D eigenvalue weighted by atomic mass is 79.9. The van der Waals surface area contributed by atoms with Gasteiger partial charge in [-0.3, -0.25) is 10.1 Å². The first kappa shape index (κ1) is 28.1. The van der Waals surface area contributed by atoms with Crippen LogP contribution in [0.15, 0.2) is 34.2 Å². The minimum Gasteiger partial charge on any atom is -0.356 e. The average Bonchev–Trinajstić information content (AvgIpc) is 3.78. The Bertz CT molecular complexity index is 1360. The Morgan fingerprint density at radius 1 is 1.18 bits per heavy atom. The number of carbonyl (C=O) groups excluding carboxylic acids is 1. The van der Waals surface area contributed by atoms with Gasteiger partial charge in [0.1, 0.15) is 5.82 Å². The number of fused-ring (bicyclic) bond motifs is 1. The topological polar surface area (TPSA) is 90.5 Å². The zero-order valence-electron chi connectivity index (χ0n) is 23.5. The van der Waals surface area contributed by atoms with Gasteiger partial charge in [-0.05, 0) is 88.0 Å². The van der Waals surface area contributed by atoms with Crippen LogP contribution in [-0.2, 0) is 22.4 Å². The summed E-state index contributed by atoms with van der Waals surface area (Å²) in [5.41, 5.74) is 6.94. The third-order valence-electron chi connectivity index (χ3n) is 9.22. The predicted octanol–water partition coefficient (Wildman–Crippen LogP) is 6.43. The summed E-state index contributed by atoms with van der Waals surface area (Å²) >= 11 is 5.76. The summed E-state index contributed by atoms with van der Waals surface area (Å²) < 4.78 is 6.25. The van der Waals surface area contributed by atoms with Gasteiger partial charge in [0.25, 0.3) is 0 Å². The van der Waals surface area contributed by atoms with E-state index < -0.39 is 12.5 Å². The van der Waals surface area contributed by atoms with E-state index in [1.54, 1.807) is 11.1 Å². The lowest BCUT2D eigenvalue weighted by Crippen LogP contribution is -2.52. The number of aliphatic hydroxyl groups excluding tert-OH is 1. The van der Waals surface area contributed by atoms with Crippen LogP contribution in [0.4, 0.5) is 0 Å². The number of thiophene rings is 1. The van der Waals surface area contributed by atoms with Crippen molar-refractivity contribution in [3.63, 3.8) is 0 Å². The highest BCUT2D eigenvalue weighted by molar-refractivity contribution is 9.11. The molecule has 3 unspecified atom stereocenters. The van der Waals surface area contributed by atoms with Gasteiger partial charge in [0.2, 0.25) is 12.3 Å². The Labute approximate surface area is 248 Å². The third kappa shape index (κ3) is 5.20. The fourth-order valence-corrected chi connectivity index (χ4v) is 9.01. The lowest BCUT2D eigenvalue weighted by molar-refractivity contribution is -0.145. The van der Waals surface area contributed by atoms with Gasteiger partial charge in [-0.1, -0.05) is 51.0 Å². The van der Waals surface area contributed by atoms with E-state index >= 15 is 0 Å². The number of amides is 1. The molecule has 2 fully saturated rings. The van der Waals surface area contributed by atoms with Crippen molar-refractivity contribution in [2.24, 2.45) is 11.3 Å². The number of ether oxygens (including phenoxy) is 1. The number of H-pyrrole nitrogens is 1. The Hall–Kier alpha value is -2.04. The van der Waals surface area contributed by atoms with Crippen molar-refractivity contribution in [1.29, 1.82) is 0 Å². The molecular formula is C31H39BrN4O3S. The number of rotatable bonds is 8. The number of hydrogen-bond donors (Lipinski definition) is 3. The number of aromatic nitrogens is 2. The standard InChI is InChI=1S/C31H39BrN4O3S/c1-18(2)25(35-30(38)39-3)29(37)36-14-6-7-24(36)28-33-17-23(34-28)19-8-10-20(11-9-19)26-21-15-31(12-4-5-13-31)16-22(21)27(32)40-26/h8-11,17-18,24-25,30,35,38H,4-7,12-16H2,1-3H3,(H,33,34). The molecule has 1 aromatic carbocycles. The van der Waals surface area contributed by atoms with Crippen LogP contribution < -0.4 is 5.32 Å². The lowest BCUT2D eigenvalue weighted by atomic mass is 9.83. The maximum Gasteiger partial charge on any atom is 0.240 e. The molecule has 214 valence electrons. The summed E-state index contributed by atoms with van der Waals surface area (Å²) in [7, 11) is 1.41. The molecule has 0 radical (unpaired) electrons. The number of nitrogens with one attached hydrogen (secondary N) is 2. The van der Waals surface area contributed by atoms with Crippen molar-refractivity contribution in [1.82, 2.24) is 20.2 Å². The number of hydrogen-bond acceptors (Lipinski definition) is 6. The minimum absolute atomic E-state index is 0.00174. The zero-order chi connectivity index (χ0) is 28.0. The van der Waals surface area contributed by atoms with Crippen LogP contribution in [0.3, 0.4) is 0 Å². The molecule has 3 N–H and O–H groups in total. The van der Waals surface area contributed by atoms with E-state index in [2.05, 4.69) is 50.5 Å². The van der Waals surface area contributed by atoms with Crippen molar-refractivity contribution >= 4 is 33.2 Å². The summed E-state index contributed by atoms with van der Waals surface area (Å²) in [6.07, 6.45) is 10.4. The second kappa shape index (κ2) is 11.3. The van der Waals surface area contributed by atoms with Gasteiger partial charge >= 0.3 is 0 Å². The predicted molar refractivity (Wildman–Crippen MR) is 162 cm³/mol. The van der Waals surface area contributed by atoms with Gasteiger partial charge in [-0.25, -0.2) is 4.98 Å². The van der Waals surface area contributed by atoms with E-state index in [0.717, 1.165) is 29.9 Å². The molecule has 2 aliphatic carbocycles. The van der Waals surface area contributed by atoms with Crippen LogP contribution in [0, 0.1) is 11.3 Å². The number of nitrogens with zero attached hydrogens (tertiary/aromatic N) is 2. The van der Waals surface area contributed by atoms with Crippen LogP contribution in [-0.4, -0.2) is 52.0 Å². The van der Waals surface area contributed by atoms with Gasteiger partial charge in [-0.15, -0.1) is 11.3 Å². The largest absolute Gasteiger partial charge is 0.356 e. The maximum atomic E-state index is 13.5. The maximum absolute atomic E-state index is 13.5. The van der Waals surface area contributed by atoms with Gasteiger partial charge in [0.15, 0.2) is 0 Å². The molecule has 6 rings (SSSR count). The Morgan fingerprint density at radius 3 is 2.58 bits per heavy atom. The van der Waals surface area contributed by atoms with Crippen molar-refractivity contribution in [3.05, 3.63) is 51.2 Å². The van der Waals surface area contributed by atoms with E-state index in [0.29, 0.717) is 12.0 Å². The SMILES string of the molecule is COC(O)NC(C(=O)N1CCCC1c1ncc(-c2ccc(-c3sc(Br)c4c3CC3(CCCC3)C4)cc2)[nH]1)C(C)C. The summed E-state index contributed by atoms with van der Waals surface area (Å²) in [5.74, 6) is 0.768. The molecule has 3 heterocycles. The summed E-state index contributed by atoms with van der Waals surface area (Å²) in [6, 6.07) is 8.17. The van der Waals surface area contributed by atoms with Crippen LogP contribution in [0.5, 0.6) is 0 Å². The molecule has 40 heavy (non-hydrogen) atoms.